The highest BCUT2D eigenvalue weighted by atomic mass is 14.9. The Morgan fingerprint density at radius 3 is 2.67 bits per heavy atom. The highest BCUT2D eigenvalue weighted by Gasteiger charge is 2.45. The molecule has 2 rings (SSSR count). The van der Waals surface area contributed by atoms with Gasteiger partial charge in [0.1, 0.15) is 0 Å². The normalized spacial score (nSPS) is 25.8. The van der Waals surface area contributed by atoms with Crippen LogP contribution >= 0.6 is 0 Å². The van der Waals surface area contributed by atoms with Crippen molar-refractivity contribution in [2.45, 2.75) is 37.1 Å². The van der Waals surface area contributed by atoms with Gasteiger partial charge in [-0.2, -0.15) is 5.26 Å². The Labute approximate surface area is 109 Å². The number of benzene rings is 1. The molecule has 2 nitrogen and oxygen atoms in total. The molecule has 0 radical (unpaired) electrons. The lowest BCUT2D eigenvalue weighted by Crippen LogP contribution is -2.51. The van der Waals surface area contributed by atoms with Crippen molar-refractivity contribution >= 4 is 0 Å². The molecule has 1 aromatic carbocycles. The molecular formula is C16H18N2. The fraction of sp³-hybridized carbons (Fsp3) is 0.438. The van der Waals surface area contributed by atoms with Crippen LogP contribution in [-0.4, -0.2) is 12.6 Å². The molecule has 0 spiro atoms. The molecule has 1 aromatic rings. The molecule has 1 saturated carbocycles. The highest BCUT2D eigenvalue weighted by molar-refractivity contribution is 5.36. The third-order valence-corrected chi connectivity index (χ3v) is 3.66. The fourth-order valence-corrected chi connectivity index (χ4v) is 2.57. The minimum absolute atomic E-state index is 0.273. The number of nitrogens with zero attached hydrogens (tertiary/aromatic N) is 1. The number of nitrogens with one attached hydrogen (secondary N) is 1. The van der Waals surface area contributed by atoms with Gasteiger partial charge in [-0.25, -0.2) is 0 Å². The predicted octanol–water partition coefficient (Wildman–Crippen LogP) is 2.61. The average molecular weight is 238 g/mol. The molecule has 0 unspecified atom stereocenters. The van der Waals surface area contributed by atoms with Crippen LogP contribution < -0.4 is 5.32 Å². The quantitative estimate of drug-likeness (QED) is 0.632. The third kappa shape index (κ3) is 2.55. The molecule has 0 saturated heterocycles. The highest BCUT2D eigenvalue weighted by Crippen LogP contribution is 2.43. The molecule has 0 bridgehead atoms. The summed E-state index contributed by atoms with van der Waals surface area (Å²) in [6.45, 7) is 0.950. The van der Waals surface area contributed by atoms with Gasteiger partial charge in [-0.15, -0.1) is 12.3 Å². The Balaban J connectivity index is 1.86. The Hall–Kier alpha value is -1.77. The van der Waals surface area contributed by atoms with E-state index in [1.54, 1.807) is 0 Å². The maximum Gasteiger partial charge on any atom is 0.0852 e. The van der Waals surface area contributed by atoms with E-state index in [1.165, 1.54) is 0 Å². The van der Waals surface area contributed by atoms with Gasteiger partial charge < -0.3 is 5.32 Å². The zero-order valence-corrected chi connectivity index (χ0v) is 10.5. The van der Waals surface area contributed by atoms with E-state index < -0.39 is 0 Å². The fourth-order valence-electron chi connectivity index (χ4n) is 2.57. The average Bonchev–Trinajstić information content (AvgIpc) is 2.38. The van der Waals surface area contributed by atoms with Gasteiger partial charge in [-0.3, -0.25) is 0 Å². The molecule has 1 N–H and O–H groups in total. The van der Waals surface area contributed by atoms with Crippen LogP contribution in [0.2, 0.25) is 0 Å². The Morgan fingerprint density at radius 2 is 2.06 bits per heavy atom. The van der Waals surface area contributed by atoms with Crippen LogP contribution in [0.1, 0.15) is 31.2 Å². The smallest absolute Gasteiger partial charge is 0.0852 e. The first kappa shape index (κ1) is 12.7. The van der Waals surface area contributed by atoms with Gasteiger partial charge >= 0.3 is 0 Å². The van der Waals surface area contributed by atoms with Crippen LogP contribution in [-0.2, 0) is 5.41 Å². The minimum Gasteiger partial charge on any atom is -0.314 e. The summed E-state index contributed by atoms with van der Waals surface area (Å²) in [6, 6.07) is 13.1. The van der Waals surface area contributed by atoms with Crippen molar-refractivity contribution in [2.24, 2.45) is 0 Å². The van der Waals surface area contributed by atoms with E-state index in [4.69, 9.17) is 6.42 Å². The summed E-state index contributed by atoms with van der Waals surface area (Å²) >= 11 is 0. The summed E-state index contributed by atoms with van der Waals surface area (Å²) in [5.41, 5.74) is 0.875. The third-order valence-electron chi connectivity index (χ3n) is 3.66. The van der Waals surface area contributed by atoms with Gasteiger partial charge in [0, 0.05) is 12.5 Å². The molecule has 2 heteroatoms. The van der Waals surface area contributed by atoms with Gasteiger partial charge in [0.05, 0.1) is 11.5 Å². The molecule has 0 atom stereocenters. The van der Waals surface area contributed by atoms with Crippen molar-refractivity contribution in [3.05, 3.63) is 35.9 Å². The minimum atomic E-state index is -0.273. The van der Waals surface area contributed by atoms with E-state index in [0.29, 0.717) is 6.04 Å². The van der Waals surface area contributed by atoms with Gasteiger partial charge in [0.25, 0.3) is 0 Å². The number of unbranched alkanes of at least 4 members (excludes halogenated alkanes) is 1. The van der Waals surface area contributed by atoms with E-state index in [1.807, 2.05) is 18.2 Å². The van der Waals surface area contributed by atoms with Crippen molar-refractivity contribution in [3.63, 3.8) is 0 Å². The molecule has 0 heterocycles. The molecule has 0 amide bonds. The van der Waals surface area contributed by atoms with E-state index >= 15 is 0 Å². The first-order valence-electron chi connectivity index (χ1n) is 6.44. The van der Waals surface area contributed by atoms with Gasteiger partial charge in [0.2, 0.25) is 0 Å². The Bertz CT molecular complexity index is 458. The van der Waals surface area contributed by atoms with Crippen molar-refractivity contribution in [1.29, 1.82) is 5.26 Å². The van der Waals surface area contributed by atoms with Crippen LogP contribution in [0.3, 0.4) is 0 Å². The van der Waals surface area contributed by atoms with Crippen LogP contribution in [0.5, 0.6) is 0 Å². The summed E-state index contributed by atoms with van der Waals surface area (Å²) < 4.78 is 0. The number of hydrogen-bond acceptors (Lipinski definition) is 2. The zero-order chi connectivity index (χ0) is 12.8. The van der Waals surface area contributed by atoms with Crippen molar-refractivity contribution in [2.75, 3.05) is 6.54 Å². The molecule has 1 aliphatic carbocycles. The SMILES string of the molecule is C#CCCCNC1CC(C#N)(c2ccccc2)C1. The van der Waals surface area contributed by atoms with Gasteiger partial charge in [-0.1, -0.05) is 30.3 Å². The monoisotopic (exact) mass is 238 g/mol. The summed E-state index contributed by atoms with van der Waals surface area (Å²) in [5, 5.41) is 12.9. The Kier molecular flexibility index (Phi) is 4.03. The maximum absolute atomic E-state index is 9.41. The summed E-state index contributed by atoms with van der Waals surface area (Å²) in [5.74, 6) is 2.64. The van der Waals surface area contributed by atoms with E-state index in [0.717, 1.165) is 37.8 Å². The molecule has 1 fully saturated rings. The molecule has 0 aromatic heterocycles. The lowest BCUT2D eigenvalue weighted by atomic mass is 9.62. The second-order valence-corrected chi connectivity index (χ2v) is 4.93. The molecule has 92 valence electrons. The molecule has 1 aliphatic rings. The number of terminal acetylenes is 1. The van der Waals surface area contributed by atoms with Crippen molar-refractivity contribution < 1.29 is 0 Å². The second-order valence-electron chi connectivity index (χ2n) is 4.93. The Morgan fingerprint density at radius 1 is 1.33 bits per heavy atom. The van der Waals surface area contributed by atoms with Crippen LogP contribution in [0.25, 0.3) is 0 Å². The number of nitriles is 1. The number of rotatable bonds is 5. The topological polar surface area (TPSA) is 35.8 Å². The second kappa shape index (κ2) is 5.71. The lowest BCUT2D eigenvalue weighted by Gasteiger charge is -2.43. The van der Waals surface area contributed by atoms with E-state index in [-0.39, 0.29) is 5.41 Å². The first-order chi connectivity index (χ1) is 8.80. The van der Waals surface area contributed by atoms with Gasteiger partial charge in [-0.05, 0) is 31.4 Å². The molecule has 18 heavy (non-hydrogen) atoms. The van der Waals surface area contributed by atoms with Crippen LogP contribution in [0.4, 0.5) is 0 Å². The molecular weight excluding hydrogens is 220 g/mol. The predicted molar refractivity (Wildman–Crippen MR) is 72.8 cm³/mol. The van der Waals surface area contributed by atoms with Crippen molar-refractivity contribution in [1.82, 2.24) is 5.32 Å². The first-order valence-corrected chi connectivity index (χ1v) is 6.44. The summed E-state index contributed by atoms with van der Waals surface area (Å²) in [6.07, 6.45) is 8.86. The lowest BCUT2D eigenvalue weighted by molar-refractivity contribution is 0.227. The summed E-state index contributed by atoms with van der Waals surface area (Å²) in [7, 11) is 0. The van der Waals surface area contributed by atoms with E-state index in [9.17, 15) is 5.26 Å². The maximum atomic E-state index is 9.41. The standard InChI is InChI=1S/C16H18N2/c1-2-3-7-10-18-15-11-16(12-15,13-17)14-8-5-4-6-9-14/h1,4-6,8-9,15,18H,3,7,10-12H2. The summed E-state index contributed by atoms with van der Waals surface area (Å²) in [4.78, 5) is 0. The van der Waals surface area contributed by atoms with Crippen LogP contribution in [0, 0.1) is 23.7 Å². The van der Waals surface area contributed by atoms with E-state index in [2.05, 4.69) is 29.4 Å². The number of hydrogen-bond donors (Lipinski definition) is 1. The molecule has 0 aliphatic heterocycles. The van der Waals surface area contributed by atoms with Crippen LogP contribution in [0.15, 0.2) is 30.3 Å². The van der Waals surface area contributed by atoms with Crippen molar-refractivity contribution in [3.8, 4) is 18.4 Å². The van der Waals surface area contributed by atoms with Gasteiger partial charge in [0.15, 0.2) is 0 Å². The largest absolute Gasteiger partial charge is 0.314 e. The zero-order valence-electron chi connectivity index (χ0n) is 10.5.